The predicted octanol–water partition coefficient (Wildman–Crippen LogP) is 0.811. The highest BCUT2D eigenvalue weighted by Gasteiger charge is 2.40. The minimum absolute atomic E-state index is 0.219. The molecule has 3 rings (SSSR count). The summed E-state index contributed by atoms with van der Waals surface area (Å²) in [6.07, 6.45) is 14.4. The maximum Gasteiger partial charge on any atom is 0.126 e. The second-order valence-corrected chi connectivity index (χ2v) is 3.24. The molecule has 0 fully saturated rings. The van der Waals surface area contributed by atoms with Crippen LogP contribution in [0.3, 0.4) is 0 Å². The van der Waals surface area contributed by atoms with Gasteiger partial charge in [0.05, 0.1) is 5.71 Å². The summed E-state index contributed by atoms with van der Waals surface area (Å²) in [4.78, 5) is 0. The fraction of sp³-hybridized carbons (Fsp3) is 0.100. The first-order valence-electron chi connectivity index (χ1n) is 4.27. The van der Waals surface area contributed by atoms with Crippen molar-refractivity contribution >= 4 is 5.71 Å². The molecule has 0 aromatic carbocycles. The number of hydrazine groups is 1. The highest BCUT2D eigenvalue weighted by Crippen LogP contribution is 2.30. The second-order valence-electron chi connectivity index (χ2n) is 3.24. The van der Waals surface area contributed by atoms with Gasteiger partial charge in [-0.05, 0) is 11.6 Å². The van der Waals surface area contributed by atoms with Crippen molar-refractivity contribution in [3.05, 3.63) is 48.1 Å². The van der Waals surface area contributed by atoms with Crippen molar-refractivity contribution in [3.8, 4) is 0 Å². The number of hydrazone groups is 1. The first-order valence-corrected chi connectivity index (χ1v) is 4.27. The molecule has 3 aliphatic rings. The van der Waals surface area contributed by atoms with Gasteiger partial charge in [0.25, 0.3) is 0 Å². The Hall–Kier alpha value is -1.61. The van der Waals surface area contributed by atoms with Gasteiger partial charge in [0, 0.05) is 0 Å². The van der Waals surface area contributed by atoms with Crippen molar-refractivity contribution in [2.75, 3.05) is 0 Å². The lowest BCUT2D eigenvalue weighted by atomic mass is 9.79. The van der Waals surface area contributed by atoms with Gasteiger partial charge in [-0.15, -0.1) is 0 Å². The van der Waals surface area contributed by atoms with E-state index in [9.17, 15) is 0 Å². The molecule has 1 atom stereocenters. The molecule has 0 radical (unpaired) electrons. The van der Waals surface area contributed by atoms with Gasteiger partial charge < -0.3 is 0 Å². The molecule has 13 heavy (non-hydrogen) atoms. The quantitative estimate of drug-likeness (QED) is 0.566. The lowest BCUT2D eigenvalue weighted by molar-refractivity contribution is 0.531. The third kappa shape index (κ3) is 0.742. The molecule has 3 heteroatoms. The molecular weight excluding hydrogens is 162 g/mol. The van der Waals surface area contributed by atoms with Crippen molar-refractivity contribution in [3.63, 3.8) is 0 Å². The molecule has 0 amide bonds. The molecule has 2 aliphatic carbocycles. The van der Waals surface area contributed by atoms with Crippen molar-refractivity contribution in [2.45, 2.75) is 5.54 Å². The first-order chi connectivity index (χ1) is 6.42. The van der Waals surface area contributed by atoms with Crippen LogP contribution in [0, 0.1) is 0 Å². The van der Waals surface area contributed by atoms with Crippen LogP contribution in [0.2, 0.25) is 0 Å². The molecule has 1 unspecified atom stereocenters. The molecular formula is C10H9N3. The first kappa shape index (κ1) is 6.86. The second kappa shape index (κ2) is 2.20. The largest absolute Gasteiger partial charge is 0.241 e. The number of rotatable bonds is 0. The van der Waals surface area contributed by atoms with Crippen LogP contribution in [0.5, 0.6) is 0 Å². The summed E-state index contributed by atoms with van der Waals surface area (Å²) in [5.41, 5.74) is 8.00. The summed E-state index contributed by atoms with van der Waals surface area (Å²) in [6, 6.07) is 0. The summed E-state index contributed by atoms with van der Waals surface area (Å²) in [7, 11) is 0. The Morgan fingerprint density at radius 1 is 1.15 bits per heavy atom. The molecule has 0 saturated carbocycles. The Kier molecular flexibility index (Phi) is 1.16. The Morgan fingerprint density at radius 2 is 2.15 bits per heavy atom. The van der Waals surface area contributed by atoms with Crippen molar-refractivity contribution in [1.29, 1.82) is 0 Å². The van der Waals surface area contributed by atoms with Gasteiger partial charge in [-0.25, -0.2) is 5.53 Å². The number of nitrogens with zero attached hydrogens (tertiary/aromatic N) is 1. The van der Waals surface area contributed by atoms with E-state index in [-0.39, 0.29) is 5.54 Å². The molecule has 1 aliphatic heterocycles. The van der Waals surface area contributed by atoms with E-state index in [0.29, 0.717) is 0 Å². The van der Waals surface area contributed by atoms with Gasteiger partial charge >= 0.3 is 0 Å². The van der Waals surface area contributed by atoms with Crippen LogP contribution in [0.15, 0.2) is 53.2 Å². The maximum absolute atomic E-state index is 4.18. The zero-order chi connectivity index (χ0) is 8.73. The standard InChI is InChI=1S/C10H9N3/c1-2-7-10-8(4-1)5-3-6-9(10)11-13-12-10/h1-7,12-13H. The van der Waals surface area contributed by atoms with Crippen LogP contribution in [-0.4, -0.2) is 11.3 Å². The van der Waals surface area contributed by atoms with Gasteiger partial charge in [-0.3, -0.25) is 0 Å². The van der Waals surface area contributed by atoms with E-state index in [4.69, 9.17) is 0 Å². The number of nitrogens with one attached hydrogen (secondary N) is 2. The summed E-state index contributed by atoms with van der Waals surface area (Å²) < 4.78 is 0. The van der Waals surface area contributed by atoms with Crippen LogP contribution in [0.25, 0.3) is 0 Å². The Bertz CT molecular complexity index is 398. The molecule has 2 N–H and O–H groups in total. The average molecular weight is 171 g/mol. The van der Waals surface area contributed by atoms with Crippen molar-refractivity contribution in [2.24, 2.45) is 5.10 Å². The molecule has 0 saturated heterocycles. The smallest absolute Gasteiger partial charge is 0.126 e. The Labute approximate surface area is 76.2 Å². The van der Waals surface area contributed by atoms with E-state index >= 15 is 0 Å². The van der Waals surface area contributed by atoms with E-state index in [1.807, 2.05) is 24.3 Å². The van der Waals surface area contributed by atoms with Gasteiger partial charge in [-0.1, -0.05) is 36.5 Å². The number of hydrogen-bond donors (Lipinski definition) is 2. The summed E-state index contributed by atoms with van der Waals surface area (Å²) in [5.74, 6) is 0. The fourth-order valence-electron chi connectivity index (χ4n) is 1.86. The molecule has 3 nitrogen and oxygen atoms in total. The third-order valence-corrected chi connectivity index (χ3v) is 2.55. The van der Waals surface area contributed by atoms with Gasteiger partial charge in [-0.2, -0.15) is 10.5 Å². The van der Waals surface area contributed by atoms with Crippen LogP contribution in [0.1, 0.15) is 0 Å². The van der Waals surface area contributed by atoms with E-state index in [2.05, 4.69) is 34.3 Å². The maximum atomic E-state index is 4.18. The molecule has 1 spiro atoms. The minimum Gasteiger partial charge on any atom is -0.241 e. The van der Waals surface area contributed by atoms with Gasteiger partial charge in [0.15, 0.2) is 0 Å². The normalized spacial score (nSPS) is 33.2. The van der Waals surface area contributed by atoms with E-state index in [1.54, 1.807) is 0 Å². The van der Waals surface area contributed by atoms with Crippen molar-refractivity contribution < 1.29 is 0 Å². The number of hydrogen-bond acceptors (Lipinski definition) is 3. The number of allylic oxidation sites excluding steroid dienone is 4. The molecule has 1 heterocycles. The highest BCUT2D eigenvalue weighted by atomic mass is 15.6. The molecule has 0 aromatic heterocycles. The van der Waals surface area contributed by atoms with E-state index in [0.717, 1.165) is 5.71 Å². The Balaban J connectivity index is 2.22. The monoisotopic (exact) mass is 171 g/mol. The SMILES string of the molecule is C1=CC2=CC=CC3=NNNC23C=C1. The highest BCUT2D eigenvalue weighted by molar-refractivity contribution is 6.09. The third-order valence-electron chi connectivity index (χ3n) is 2.55. The zero-order valence-electron chi connectivity index (χ0n) is 6.99. The van der Waals surface area contributed by atoms with Gasteiger partial charge in [0.2, 0.25) is 0 Å². The summed E-state index contributed by atoms with van der Waals surface area (Å²) >= 11 is 0. The van der Waals surface area contributed by atoms with Crippen LogP contribution in [0.4, 0.5) is 0 Å². The van der Waals surface area contributed by atoms with E-state index in [1.165, 1.54) is 5.57 Å². The topological polar surface area (TPSA) is 36.4 Å². The Morgan fingerprint density at radius 3 is 3.15 bits per heavy atom. The minimum atomic E-state index is -0.219. The summed E-state index contributed by atoms with van der Waals surface area (Å²) in [5, 5.41) is 4.18. The lowest BCUT2D eigenvalue weighted by Gasteiger charge is -2.30. The summed E-state index contributed by atoms with van der Waals surface area (Å²) in [6.45, 7) is 0. The average Bonchev–Trinajstić information content (AvgIpc) is 2.58. The van der Waals surface area contributed by atoms with Crippen LogP contribution in [-0.2, 0) is 0 Å². The van der Waals surface area contributed by atoms with Gasteiger partial charge in [0.1, 0.15) is 5.54 Å². The lowest BCUT2D eigenvalue weighted by Crippen LogP contribution is -2.50. The molecule has 0 aromatic rings. The predicted molar refractivity (Wildman–Crippen MR) is 51.9 cm³/mol. The van der Waals surface area contributed by atoms with Crippen LogP contribution < -0.4 is 11.0 Å². The molecule has 0 bridgehead atoms. The fourth-order valence-corrected chi connectivity index (χ4v) is 1.86. The molecule has 64 valence electrons. The van der Waals surface area contributed by atoms with Crippen LogP contribution >= 0.6 is 0 Å². The van der Waals surface area contributed by atoms with E-state index < -0.39 is 0 Å². The zero-order valence-corrected chi connectivity index (χ0v) is 6.99. The van der Waals surface area contributed by atoms with Crippen molar-refractivity contribution in [1.82, 2.24) is 11.0 Å².